The van der Waals surface area contributed by atoms with Crippen molar-refractivity contribution in [1.82, 2.24) is 0 Å². The Morgan fingerprint density at radius 3 is 0.845 bits per heavy atom. The van der Waals surface area contributed by atoms with Gasteiger partial charge in [0.25, 0.3) is 0 Å². The number of furan rings is 4. The fourth-order valence-corrected chi connectivity index (χ4v) is 19.5. The van der Waals surface area contributed by atoms with E-state index < -0.39 is 0 Å². The number of para-hydroxylation sites is 6. The lowest BCUT2D eigenvalue weighted by molar-refractivity contribution is 0.660. The van der Waals surface area contributed by atoms with Gasteiger partial charge in [-0.05, 0) is 204 Å². The highest BCUT2D eigenvalue weighted by atomic mass is 16.3. The molecular weight excluding hydrogens is 1340 g/mol. The number of fused-ring (bicyclic) bond motifs is 22. The van der Waals surface area contributed by atoms with Crippen molar-refractivity contribution in [2.24, 2.45) is 0 Å². The number of benzene rings is 18. The predicted octanol–water partition coefficient (Wildman–Crippen LogP) is 30.2. The van der Waals surface area contributed by atoms with Crippen LogP contribution in [0.5, 0.6) is 0 Å². The summed E-state index contributed by atoms with van der Waals surface area (Å²) in [7, 11) is 0. The molecular formula is C106H68O4. The van der Waals surface area contributed by atoms with Crippen molar-refractivity contribution < 1.29 is 17.7 Å². The third kappa shape index (κ3) is 8.96. The molecule has 2 aliphatic rings. The van der Waals surface area contributed by atoms with E-state index in [0.717, 1.165) is 121 Å². The highest BCUT2D eigenvalue weighted by Crippen LogP contribution is 2.58. The van der Waals surface area contributed by atoms with Crippen LogP contribution in [-0.2, 0) is 10.8 Å². The maximum absolute atomic E-state index is 6.67. The zero-order chi connectivity index (χ0) is 72.8. The molecule has 0 atom stereocenters. The van der Waals surface area contributed by atoms with E-state index in [4.69, 9.17) is 17.7 Å². The molecule has 18 aromatic carbocycles. The smallest absolute Gasteiger partial charge is 0.143 e. The van der Waals surface area contributed by atoms with E-state index in [-0.39, 0.29) is 10.8 Å². The summed E-state index contributed by atoms with van der Waals surface area (Å²) in [6, 6.07) is 124. The van der Waals surface area contributed by atoms with Gasteiger partial charge in [-0.3, -0.25) is 0 Å². The zero-order valence-corrected chi connectivity index (χ0v) is 61.0. The van der Waals surface area contributed by atoms with Crippen molar-refractivity contribution >= 4 is 131 Å². The first-order chi connectivity index (χ1) is 54.1. The van der Waals surface area contributed by atoms with Gasteiger partial charge in [-0.25, -0.2) is 0 Å². The van der Waals surface area contributed by atoms with Crippen molar-refractivity contribution in [1.29, 1.82) is 0 Å². The SMILES string of the molecule is CC1(C)c2ccccc2-c2c(-c3c4cccc(-c5ccc6c(c5)oc5ccccc56)c4cc4c(-c5ccc6c(c5)oc5ccccc56)cccc34)cccc21.CC1(C)c2ccccc2-c2c(-c3c4cccc(-c5cccc6c5oc5ccccc56)c4cc4c(-c5cccc6c5oc5ccccc56)cccc34)cccc21. The van der Waals surface area contributed by atoms with Gasteiger partial charge in [-0.2, -0.15) is 0 Å². The third-order valence-corrected chi connectivity index (χ3v) is 24.6. The summed E-state index contributed by atoms with van der Waals surface area (Å²) < 4.78 is 26.2. The molecule has 0 bridgehead atoms. The molecule has 22 aromatic rings. The Hall–Kier alpha value is -13.8. The van der Waals surface area contributed by atoms with E-state index in [0.29, 0.717) is 0 Å². The van der Waals surface area contributed by atoms with E-state index in [1.54, 1.807) is 0 Å². The summed E-state index contributed by atoms with van der Waals surface area (Å²) >= 11 is 0. The van der Waals surface area contributed by atoms with Gasteiger partial charge in [0.05, 0.1) is 0 Å². The molecule has 4 heteroatoms. The van der Waals surface area contributed by atoms with Gasteiger partial charge in [0.1, 0.15) is 44.7 Å². The first kappa shape index (κ1) is 62.4. The van der Waals surface area contributed by atoms with E-state index in [1.165, 1.54) is 121 Å². The van der Waals surface area contributed by atoms with Crippen molar-refractivity contribution in [3.63, 3.8) is 0 Å². The summed E-state index contributed by atoms with van der Waals surface area (Å²) in [6.07, 6.45) is 0. The molecule has 0 N–H and O–H groups in total. The van der Waals surface area contributed by atoms with Gasteiger partial charge >= 0.3 is 0 Å². The number of rotatable bonds is 6. The Morgan fingerprint density at radius 2 is 0.436 bits per heavy atom. The number of hydrogen-bond donors (Lipinski definition) is 0. The standard InChI is InChI=1S/2C53H34O2/c1-53(2)45-26-6-3-16-41(45)50-42(25-13-27-46(50)53)49-35-19-9-17-31(37-21-11-23-39-33-14-4-7-28-47(33)54-51(37)39)43(35)30-44-32(18-10-20-36(44)49)38-22-12-24-40-34-15-5-8-29-48(34)55-52(38)40;1-53(2)45-20-6-3-14-41(45)52-42(19-11-21-46(52)53)51-39-17-9-15-33(31-24-26-37-35-12-4-7-22-47(35)54-49(37)28-31)43(39)30-44-34(16-10-18-40(44)51)32-25-27-38-36-13-5-8-23-48(36)55-50(38)29-32/h2*3-30H,1-2H3. The molecule has 0 unspecified atom stereocenters. The van der Waals surface area contributed by atoms with Crippen LogP contribution in [0.3, 0.4) is 0 Å². The van der Waals surface area contributed by atoms with Gasteiger partial charge < -0.3 is 17.7 Å². The Bertz CT molecular complexity index is 7390. The minimum Gasteiger partial charge on any atom is -0.456 e. The lowest BCUT2D eigenvalue weighted by atomic mass is 9.81. The van der Waals surface area contributed by atoms with Crippen LogP contribution in [0.1, 0.15) is 49.9 Å². The van der Waals surface area contributed by atoms with Gasteiger partial charge in [-0.1, -0.05) is 307 Å². The van der Waals surface area contributed by atoms with Crippen LogP contribution >= 0.6 is 0 Å². The first-order valence-corrected chi connectivity index (χ1v) is 38.2. The van der Waals surface area contributed by atoms with E-state index in [9.17, 15) is 0 Å². The molecule has 0 saturated heterocycles. The van der Waals surface area contributed by atoms with Crippen LogP contribution in [0, 0.1) is 0 Å². The van der Waals surface area contributed by atoms with E-state index in [2.05, 4.69) is 331 Å². The topological polar surface area (TPSA) is 52.6 Å². The van der Waals surface area contributed by atoms with Crippen LogP contribution in [0.25, 0.3) is 220 Å². The maximum atomic E-state index is 6.67. The number of hydrogen-bond acceptors (Lipinski definition) is 4. The highest BCUT2D eigenvalue weighted by Gasteiger charge is 2.39. The summed E-state index contributed by atoms with van der Waals surface area (Å²) in [5.74, 6) is 0. The van der Waals surface area contributed by atoms with Crippen LogP contribution in [0.15, 0.2) is 357 Å². The van der Waals surface area contributed by atoms with Crippen LogP contribution in [-0.4, -0.2) is 0 Å². The molecule has 0 spiro atoms. The van der Waals surface area contributed by atoms with Crippen molar-refractivity contribution in [3.05, 3.63) is 362 Å². The average Bonchev–Trinajstić information content (AvgIpc) is 1.71. The molecule has 110 heavy (non-hydrogen) atoms. The average molecular weight is 1410 g/mol. The molecule has 0 fully saturated rings. The van der Waals surface area contributed by atoms with Crippen molar-refractivity contribution in [3.8, 4) is 89.0 Å². The molecule has 0 radical (unpaired) electrons. The van der Waals surface area contributed by atoms with Gasteiger partial charge in [-0.15, -0.1) is 0 Å². The highest BCUT2D eigenvalue weighted by molar-refractivity contribution is 6.25. The fraction of sp³-hybridized carbons (Fsp3) is 0.0566. The molecule has 4 nitrogen and oxygen atoms in total. The molecule has 2 aliphatic carbocycles. The minimum absolute atomic E-state index is 0.108. The molecule has 0 saturated carbocycles. The molecule has 516 valence electrons. The van der Waals surface area contributed by atoms with Crippen LogP contribution in [0.4, 0.5) is 0 Å². The zero-order valence-electron chi connectivity index (χ0n) is 61.0. The fourth-order valence-electron chi connectivity index (χ4n) is 19.5. The second kappa shape index (κ2) is 23.4. The summed E-state index contributed by atoms with van der Waals surface area (Å²) in [5, 5.41) is 18.8. The van der Waals surface area contributed by atoms with Crippen molar-refractivity contribution in [2.75, 3.05) is 0 Å². The van der Waals surface area contributed by atoms with Crippen LogP contribution in [0.2, 0.25) is 0 Å². The second-order valence-corrected chi connectivity index (χ2v) is 31.1. The molecule has 24 rings (SSSR count). The van der Waals surface area contributed by atoms with Crippen molar-refractivity contribution in [2.45, 2.75) is 38.5 Å². The predicted molar refractivity (Wildman–Crippen MR) is 460 cm³/mol. The minimum atomic E-state index is -0.119. The lowest BCUT2D eigenvalue weighted by Gasteiger charge is -2.22. The van der Waals surface area contributed by atoms with E-state index >= 15 is 0 Å². The van der Waals surface area contributed by atoms with Crippen LogP contribution < -0.4 is 0 Å². The maximum Gasteiger partial charge on any atom is 0.143 e. The molecule has 0 amide bonds. The quantitative estimate of drug-likeness (QED) is 0.156. The second-order valence-electron chi connectivity index (χ2n) is 31.1. The Morgan fingerprint density at radius 1 is 0.164 bits per heavy atom. The monoisotopic (exact) mass is 1400 g/mol. The summed E-state index contributed by atoms with van der Waals surface area (Å²) in [4.78, 5) is 0. The normalized spacial score (nSPS) is 13.4. The Kier molecular flexibility index (Phi) is 13.2. The third-order valence-electron chi connectivity index (χ3n) is 24.6. The lowest BCUT2D eigenvalue weighted by Crippen LogP contribution is -2.14. The Labute approximate surface area is 633 Å². The first-order valence-electron chi connectivity index (χ1n) is 38.2. The van der Waals surface area contributed by atoms with Gasteiger partial charge in [0.15, 0.2) is 0 Å². The van der Waals surface area contributed by atoms with Gasteiger partial charge in [0.2, 0.25) is 0 Å². The molecule has 4 heterocycles. The largest absolute Gasteiger partial charge is 0.456 e. The Balaban J connectivity index is 0.000000132. The summed E-state index contributed by atoms with van der Waals surface area (Å²) in [5.41, 5.74) is 31.9. The summed E-state index contributed by atoms with van der Waals surface area (Å²) in [6.45, 7) is 9.45. The van der Waals surface area contributed by atoms with E-state index in [1.807, 2.05) is 36.4 Å². The van der Waals surface area contributed by atoms with Gasteiger partial charge in [0, 0.05) is 65.0 Å². The molecule has 0 aliphatic heterocycles. The molecule has 4 aromatic heterocycles.